The number of para-hydroxylation sites is 2. The third kappa shape index (κ3) is 2.03. The summed E-state index contributed by atoms with van der Waals surface area (Å²) in [5.74, 6) is 0. The Morgan fingerprint density at radius 3 is 2.06 bits per heavy atom. The predicted molar refractivity (Wildman–Crippen MR) is 133 cm³/mol. The van der Waals surface area contributed by atoms with Crippen LogP contribution in [0.15, 0.2) is 70.8 Å². The normalized spacial score (nSPS) is 13.7. The number of pyridine rings is 2. The Labute approximate surface area is 185 Å². The molecule has 33 heavy (non-hydrogen) atoms. The molecule has 0 aliphatic carbocycles. The van der Waals surface area contributed by atoms with Gasteiger partial charge in [0.25, 0.3) is 11.1 Å². The van der Waals surface area contributed by atoms with Gasteiger partial charge < -0.3 is 0 Å². The fraction of sp³-hybridized carbons (Fsp3) is 0.0370. The van der Waals surface area contributed by atoms with Gasteiger partial charge in [0, 0.05) is 32.3 Å². The van der Waals surface area contributed by atoms with Gasteiger partial charge in [0.15, 0.2) is 0 Å². The van der Waals surface area contributed by atoms with E-state index in [-0.39, 0.29) is 11.1 Å². The second-order valence-electron chi connectivity index (χ2n) is 8.17. The first-order valence-corrected chi connectivity index (χ1v) is 10.7. The molecule has 0 N–H and O–H groups in total. The second kappa shape index (κ2) is 6.01. The summed E-state index contributed by atoms with van der Waals surface area (Å²) in [6, 6.07) is 15.1. The van der Waals surface area contributed by atoms with E-state index >= 15 is 0 Å². The molecule has 0 spiro atoms. The van der Waals surface area contributed by atoms with Gasteiger partial charge in [-0.1, -0.05) is 30.9 Å². The molecule has 3 aromatic carbocycles. The summed E-state index contributed by atoms with van der Waals surface area (Å²) in [6.45, 7) is 5.66. The summed E-state index contributed by atoms with van der Waals surface area (Å²) in [6.07, 6.45) is 5.34. The van der Waals surface area contributed by atoms with Crippen molar-refractivity contribution >= 4 is 66.8 Å². The summed E-state index contributed by atoms with van der Waals surface area (Å²) in [5.41, 5.74) is 2.41. The summed E-state index contributed by atoms with van der Waals surface area (Å²) in [5, 5.41) is 5.72. The van der Waals surface area contributed by atoms with E-state index in [0.717, 1.165) is 37.9 Å². The zero-order chi connectivity index (χ0) is 22.4. The summed E-state index contributed by atoms with van der Waals surface area (Å²) < 4.78 is 3.32. The Kier molecular flexibility index (Phi) is 3.29. The quantitative estimate of drug-likeness (QED) is 0.377. The molecular formula is C27H16N4O2. The number of benzene rings is 3. The largest absolute Gasteiger partial charge is 0.268 e. The molecule has 0 saturated carbocycles. The first-order chi connectivity index (χ1) is 16.1. The highest BCUT2D eigenvalue weighted by Crippen LogP contribution is 2.35. The molecule has 0 saturated heterocycles. The van der Waals surface area contributed by atoms with E-state index in [1.807, 2.05) is 61.5 Å². The Morgan fingerprint density at radius 1 is 0.788 bits per heavy atom. The van der Waals surface area contributed by atoms with Crippen LogP contribution in [0.5, 0.6) is 0 Å². The Balaban J connectivity index is 1.85. The number of allylic oxidation sites excluding steroid dienone is 1. The van der Waals surface area contributed by atoms with Crippen LogP contribution in [0.4, 0.5) is 0 Å². The molecule has 0 fully saturated rings. The van der Waals surface area contributed by atoms with Crippen molar-refractivity contribution in [3.05, 3.63) is 92.6 Å². The molecule has 7 rings (SSSR count). The van der Waals surface area contributed by atoms with Crippen LogP contribution in [0, 0.1) is 0 Å². The van der Waals surface area contributed by atoms with E-state index < -0.39 is 0 Å². The molecule has 6 heteroatoms. The van der Waals surface area contributed by atoms with E-state index in [4.69, 9.17) is 9.97 Å². The van der Waals surface area contributed by atoms with E-state index in [1.54, 1.807) is 21.0 Å². The van der Waals surface area contributed by atoms with Crippen molar-refractivity contribution in [1.29, 1.82) is 0 Å². The number of nitrogens with zero attached hydrogens (tertiary/aromatic N) is 4. The van der Waals surface area contributed by atoms with Gasteiger partial charge in [0.2, 0.25) is 0 Å². The number of fused-ring (bicyclic) bond motifs is 6. The van der Waals surface area contributed by atoms with Crippen molar-refractivity contribution in [2.45, 2.75) is 6.92 Å². The second-order valence-corrected chi connectivity index (χ2v) is 8.17. The average molecular weight is 428 g/mol. The van der Waals surface area contributed by atoms with Gasteiger partial charge >= 0.3 is 0 Å². The highest BCUT2D eigenvalue weighted by atomic mass is 16.1. The van der Waals surface area contributed by atoms with Gasteiger partial charge in [-0.05, 0) is 49.4 Å². The summed E-state index contributed by atoms with van der Waals surface area (Å²) in [7, 11) is 0. The number of hydrogen-bond acceptors (Lipinski definition) is 4. The number of aromatic nitrogens is 4. The maximum absolute atomic E-state index is 13.6. The lowest BCUT2D eigenvalue weighted by Gasteiger charge is -2.11. The van der Waals surface area contributed by atoms with Crippen LogP contribution in [0.2, 0.25) is 0 Å². The molecule has 0 aliphatic rings. The number of imidazole rings is 2. The Hall–Kier alpha value is -4.58. The molecule has 0 amide bonds. The molecule has 4 aromatic heterocycles. The van der Waals surface area contributed by atoms with E-state index in [1.165, 1.54) is 0 Å². The molecule has 0 unspecified atom stereocenters. The van der Waals surface area contributed by atoms with Gasteiger partial charge in [0.1, 0.15) is 11.3 Å². The highest BCUT2D eigenvalue weighted by molar-refractivity contribution is 6.27. The number of rotatable bonds is 1. The van der Waals surface area contributed by atoms with Crippen LogP contribution in [0.25, 0.3) is 66.8 Å². The van der Waals surface area contributed by atoms with Crippen LogP contribution < -0.4 is 21.8 Å². The van der Waals surface area contributed by atoms with Crippen LogP contribution in [-0.4, -0.2) is 18.8 Å². The van der Waals surface area contributed by atoms with Gasteiger partial charge in [-0.15, -0.1) is 0 Å². The fourth-order valence-corrected chi connectivity index (χ4v) is 5.23. The van der Waals surface area contributed by atoms with Crippen molar-refractivity contribution < 1.29 is 0 Å². The van der Waals surface area contributed by atoms with Gasteiger partial charge in [0.05, 0.1) is 21.7 Å². The monoisotopic (exact) mass is 428 g/mol. The molecule has 0 bridgehead atoms. The Morgan fingerprint density at radius 2 is 1.39 bits per heavy atom. The average Bonchev–Trinajstić information content (AvgIpc) is 3.40. The lowest BCUT2D eigenvalue weighted by molar-refractivity contribution is 1.09. The third-order valence-electron chi connectivity index (χ3n) is 6.56. The third-order valence-corrected chi connectivity index (χ3v) is 6.56. The fourth-order valence-electron chi connectivity index (χ4n) is 5.23. The molecule has 7 aromatic rings. The molecule has 156 valence electrons. The zero-order valence-corrected chi connectivity index (χ0v) is 17.7. The Bertz CT molecular complexity index is 2200. The van der Waals surface area contributed by atoms with Gasteiger partial charge in [-0.25, -0.2) is 9.97 Å². The van der Waals surface area contributed by atoms with E-state index in [9.17, 15) is 9.59 Å². The topological polar surface area (TPSA) is 68.7 Å². The van der Waals surface area contributed by atoms with E-state index in [2.05, 4.69) is 6.58 Å². The maximum atomic E-state index is 13.6. The highest BCUT2D eigenvalue weighted by Gasteiger charge is 2.21. The molecule has 4 heterocycles. The minimum Gasteiger partial charge on any atom is -0.268 e. The van der Waals surface area contributed by atoms with Crippen LogP contribution in [0.1, 0.15) is 6.92 Å². The van der Waals surface area contributed by atoms with Crippen molar-refractivity contribution in [3.8, 4) is 0 Å². The molecule has 6 nitrogen and oxygen atoms in total. The minimum atomic E-state index is -0.156. The maximum Gasteiger partial charge on any atom is 0.264 e. The number of hydrogen-bond donors (Lipinski definition) is 0. The standard InChI is InChI=1S/C27H16N4O2/c1-3-7-18-20(4-2)30-24(28-18)14-10-13-17-23-15(11-12-16(22(14)23)26(30)32)25-29-19-8-5-6-9-21(19)31(25)27(17)33/h3-13H,1H2,2H3/b18-7+,20-4+. The van der Waals surface area contributed by atoms with Crippen molar-refractivity contribution in [2.75, 3.05) is 0 Å². The van der Waals surface area contributed by atoms with Crippen molar-refractivity contribution in [3.63, 3.8) is 0 Å². The predicted octanol–water partition coefficient (Wildman–Crippen LogP) is 2.96. The SMILES string of the molecule is C=C/C=c1/nc2c3ccc4c(=O)n5c6ccccc6nc5c5ccc(c(=O)n2/c1=C/C)c3c45. The van der Waals surface area contributed by atoms with E-state index in [0.29, 0.717) is 27.4 Å². The zero-order valence-electron chi connectivity index (χ0n) is 17.7. The molecule has 0 radical (unpaired) electrons. The summed E-state index contributed by atoms with van der Waals surface area (Å²) in [4.78, 5) is 36.8. The van der Waals surface area contributed by atoms with Crippen LogP contribution in [0.3, 0.4) is 0 Å². The lowest BCUT2D eigenvalue weighted by Crippen LogP contribution is -2.32. The van der Waals surface area contributed by atoms with Gasteiger partial charge in [-0.2, -0.15) is 0 Å². The van der Waals surface area contributed by atoms with Crippen molar-refractivity contribution in [2.24, 2.45) is 0 Å². The van der Waals surface area contributed by atoms with Gasteiger partial charge in [-0.3, -0.25) is 18.4 Å². The van der Waals surface area contributed by atoms with Crippen LogP contribution in [-0.2, 0) is 0 Å². The van der Waals surface area contributed by atoms with Crippen molar-refractivity contribution in [1.82, 2.24) is 18.8 Å². The molecule has 0 atom stereocenters. The molecule has 0 aliphatic heterocycles. The lowest BCUT2D eigenvalue weighted by atomic mass is 9.96. The smallest absolute Gasteiger partial charge is 0.264 e. The molecular weight excluding hydrogens is 412 g/mol. The van der Waals surface area contributed by atoms with Crippen LogP contribution >= 0.6 is 0 Å². The first kappa shape index (κ1) is 18.0. The first-order valence-electron chi connectivity index (χ1n) is 10.7. The summed E-state index contributed by atoms with van der Waals surface area (Å²) >= 11 is 0. The minimum absolute atomic E-state index is 0.139.